The number of carboxylic acid groups (broad SMARTS) is 1. The van der Waals surface area contributed by atoms with Crippen molar-refractivity contribution in [3.8, 4) is 0 Å². The van der Waals surface area contributed by atoms with Gasteiger partial charge in [0.25, 0.3) is 0 Å². The van der Waals surface area contributed by atoms with Gasteiger partial charge in [-0.25, -0.2) is 4.79 Å². The molecule has 1 heterocycles. The van der Waals surface area contributed by atoms with E-state index >= 15 is 0 Å². The van der Waals surface area contributed by atoms with Crippen molar-refractivity contribution in [3.63, 3.8) is 0 Å². The lowest BCUT2D eigenvalue weighted by Gasteiger charge is -2.23. The number of hydrogen-bond donors (Lipinski definition) is 1. The molecule has 5 nitrogen and oxygen atoms in total. The van der Waals surface area contributed by atoms with Crippen molar-refractivity contribution >= 4 is 17.8 Å². The molecule has 2 amide bonds. The highest BCUT2D eigenvalue weighted by Crippen LogP contribution is 2.29. The molecule has 1 aliphatic rings. The Morgan fingerprint density at radius 1 is 1.33 bits per heavy atom. The summed E-state index contributed by atoms with van der Waals surface area (Å²) in [4.78, 5) is 35.8. The van der Waals surface area contributed by atoms with Crippen LogP contribution in [0.3, 0.4) is 0 Å². The molecule has 0 bridgehead atoms. The Morgan fingerprint density at radius 3 is 2.39 bits per heavy atom. The van der Waals surface area contributed by atoms with Gasteiger partial charge in [0.05, 0.1) is 0 Å². The highest BCUT2D eigenvalue weighted by atomic mass is 16.4. The van der Waals surface area contributed by atoms with Gasteiger partial charge in [-0.3, -0.25) is 14.5 Å². The Balaban J connectivity index is 2.41. The second-order valence-electron chi connectivity index (χ2n) is 4.36. The fourth-order valence-electron chi connectivity index (χ4n) is 2.12. The van der Waals surface area contributed by atoms with Gasteiger partial charge in [0.1, 0.15) is 0 Å². The first kappa shape index (κ1) is 12.3. The monoisotopic (exact) mass is 247 g/mol. The van der Waals surface area contributed by atoms with Crippen LogP contribution < -0.4 is 0 Å². The van der Waals surface area contributed by atoms with Crippen LogP contribution in [-0.2, 0) is 14.4 Å². The van der Waals surface area contributed by atoms with Gasteiger partial charge in [-0.05, 0) is 5.56 Å². The van der Waals surface area contributed by atoms with Crippen LogP contribution in [0.2, 0.25) is 0 Å². The fourth-order valence-corrected chi connectivity index (χ4v) is 2.12. The zero-order chi connectivity index (χ0) is 13.3. The van der Waals surface area contributed by atoms with Crippen LogP contribution in [0.4, 0.5) is 0 Å². The average molecular weight is 247 g/mol. The van der Waals surface area contributed by atoms with Gasteiger partial charge in [0.15, 0.2) is 6.04 Å². The van der Waals surface area contributed by atoms with Gasteiger partial charge in [0.2, 0.25) is 11.8 Å². The summed E-state index contributed by atoms with van der Waals surface area (Å²) in [5.74, 6) is -2.49. The van der Waals surface area contributed by atoms with E-state index in [0.29, 0.717) is 5.56 Å². The van der Waals surface area contributed by atoms with E-state index in [4.69, 9.17) is 0 Å². The number of imide groups is 1. The molecule has 2 atom stereocenters. The van der Waals surface area contributed by atoms with E-state index in [1.807, 2.05) is 0 Å². The van der Waals surface area contributed by atoms with E-state index < -0.39 is 29.7 Å². The maximum Gasteiger partial charge on any atom is 0.331 e. The summed E-state index contributed by atoms with van der Waals surface area (Å²) in [6, 6.07) is 7.08. The first-order valence-corrected chi connectivity index (χ1v) is 5.66. The van der Waals surface area contributed by atoms with Crippen LogP contribution in [0.15, 0.2) is 30.3 Å². The second kappa shape index (κ2) is 4.60. The molecule has 0 spiro atoms. The van der Waals surface area contributed by atoms with Gasteiger partial charge in [0, 0.05) is 12.3 Å². The third-order valence-electron chi connectivity index (χ3n) is 3.02. The van der Waals surface area contributed by atoms with Crippen molar-refractivity contribution in [1.82, 2.24) is 4.90 Å². The first-order chi connectivity index (χ1) is 8.52. The summed E-state index contributed by atoms with van der Waals surface area (Å²) in [6.07, 6.45) is 0.0788. The number of rotatable bonds is 3. The standard InChI is InChI=1S/C13H13NO4/c1-8-7-10(15)14(12(8)16)11(13(17)18)9-5-3-2-4-6-9/h2-6,8,11H,7H2,1H3,(H,17,18). The molecule has 0 aromatic heterocycles. The normalized spacial score (nSPS) is 21.2. The Labute approximate surface area is 104 Å². The number of carbonyl (C=O) groups excluding carboxylic acids is 2. The molecule has 1 saturated heterocycles. The molecular formula is C13H13NO4. The van der Waals surface area contributed by atoms with Gasteiger partial charge in [-0.2, -0.15) is 0 Å². The van der Waals surface area contributed by atoms with E-state index in [0.717, 1.165) is 4.90 Å². The Morgan fingerprint density at radius 2 is 1.94 bits per heavy atom. The fraction of sp³-hybridized carbons (Fsp3) is 0.308. The third-order valence-corrected chi connectivity index (χ3v) is 3.02. The first-order valence-electron chi connectivity index (χ1n) is 5.66. The molecule has 1 aromatic carbocycles. The molecule has 0 saturated carbocycles. The molecule has 18 heavy (non-hydrogen) atoms. The smallest absolute Gasteiger partial charge is 0.331 e. The highest BCUT2D eigenvalue weighted by molar-refractivity contribution is 6.06. The van der Waals surface area contributed by atoms with E-state index in [-0.39, 0.29) is 6.42 Å². The van der Waals surface area contributed by atoms with E-state index in [1.165, 1.54) is 0 Å². The van der Waals surface area contributed by atoms with Gasteiger partial charge >= 0.3 is 5.97 Å². The molecule has 2 rings (SSSR count). The minimum Gasteiger partial charge on any atom is -0.479 e. The minimum atomic E-state index is -1.23. The number of likely N-dealkylation sites (tertiary alicyclic amines) is 1. The van der Waals surface area contributed by atoms with E-state index in [1.54, 1.807) is 37.3 Å². The van der Waals surface area contributed by atoms with Gasteiger partial charge in [-0.1, -0.05) is 37.3 Å². The lowest BCUT2D eigenvalue weighted by atomic mass is 10.1. The average Bonchev–Trinajstić information content (AvgIpc) is 2.57. The number of carbonyl (C=O) groups is 3. The van der Waals surface area contributed by atoms with Crippen molar-refractivity contribution in [3.05, 3.63) is 35.9 Å². The van der Waals surface area contributed by atoms with E-state index in [2.05, 4.69) is 0 Å². The Kier molecular flexibility index (Phi) is 3.14. The van der Waals surface area contributed by atoms with Gasteiger partial charge in [-0.15, -0.1) is 0 Å². The van der Waals surface area contributed by atoms with Crippen LogP contribution in [0, 0.1) is 5.92 Å². The zero-order valence-electron chi connectivity index (χ0n) is 9.87. The van der Waals surface area contributed by atoms with Crippen molar-refractivity contribution in [1.29, 1.82) is 0 Å². The number of aliphatic carboxylic acids is 1. The number of nitrogens with zero attached hydrogens (tertiary/aromatic N) is 1. The molecule has 0 aliphatic carbocycles. The predicted molar refractivity (Wildman–Crippen MR) is 62.5 cm³/mol. The molecule has 0 radical (unpaired) electrons. The van der Waals surface area contributed by atoms with E-state index in [9.17, 15) is 19.5 Å². The molecule has 1 fully saturated rings. The molecular weight excluding hydrogens is 234 g/mol. The van der Waals surface area contributed by atoms with Crippen molar-refractivity contribution in [2.24, 2.45) is 5.92 Å². The third kappa shape index (κ3) is 1.99. The summed E-state index contributed by atoms with van der Waals surface area (Å²) in [5, 5.41) is 9.26. The zero-order valence-corrected chi connectivity index (χ0v) is 9.87. The van der Waals surface area contributed by atoms with Crippen molar-refractivity contribution < 1.29 is 19.5 Å². The van der Waals surface area contributed by atoms with Gasteiger partial charge < -0.3 is 5.11 Å². The number of hydrogen-bond acceptors (Lipinski definition) is 3. The van der Waals surface area contributed by atoms with Crippen LogP contribution in [0.1, 0.15) is 24.9 Å². The Bertz CT molecular complexity index is 497. The molecule has 5 heteroatoms. The summed E-state index contributed by atoms with van der Waals surface area (Å²) in [6.45, 7) is 1.63. The maximum atomic E-state index is 11.9. The SMILES string of the molecule is CC1CC(=O)N(C(C(=O)O)c2ccccc2)C1=O. The number of amides is 2. The largest absolute Gasteiger partial charge is 0.479 e. The number of carboxylic acids is 1. The van der Waals surface area contributed by atoms with Crippen LogP contribution in [-0.4, -0.2) is 27.8 Å². The lowest BCUT2D eigenvalue weighted by Crippen LogP contribution is -2.38. The summed E-state index contributed by atoms with van der Waals surface area (Å²) in [5.41, 5.74) is 0.431. The molecule has 1 N–H and O–H groups in total. The second-order valence-corrected chi connectivity index (χ2v) is 4.36. The summed E-state index contributed by atoms with van der Waals surface area (Å²) < 4.78 is 0. The molecule has 1 aliphatic heterocycles. The Hall–Kier alpha value is -2.17. The maximum absolute atomic E-state index is 11.9. The number of benzene rings is 1. The topological polar surface area (TPSA) is 74.7 Å². The lowest BCUT2D eigenvalue weighted by molar-refractivity contribution is -0.155. The predicted octanol–water partition coefficient (Wildman–Crippen LogP) is 1.21. The quantitative estimate of drug-likeness (QED) is 0.814. The minimum absolute atomic E-state index is 0.0788. The summed E-state index contributed by atoms with van der Waals surface area (Å²) in [7, 11) is 0. The van der Waals surface area contributed by atoms with Crippen LogP contribution in [0.5, 0.6) is 0 Å². The van der Waals surface area contributed by atoms with Crippen molar-refractivity contribution in [2.75, 3.05) is 0 Å². The van der Waals surface area contributed by atoms with Crippen LogP contribution in [0.25, 0.3) is 0 Å². The molecule has 2 unspecified atom stereocenters. The van der Waals surface area contributed by atoms with Crippen molar-refractivity contribution in [2.45, 2.75) is 19.4 Å². The van der Waals surface area contributed by atoms with Crippen LogP contribution >= 0.6 is 0 Å². The highest BCUT2D eigenvalue weighted by Gasteiger charge is 2.43. The summed E-state index contributed by atoms with van der Waals surface area (Å²) >= 11 is 0. The molecule has 1 aromatic rings. The molecule has 94 valence electrons.